The van der Waals surface area contributed by atoms with Crippen LogP contribution in [0.1, 0.15) is 11.4 Å². The summed E-state index contributed by atoms with van der Waals surface area (Å²) < 4.78 is 24.9. The van der Waals surface area contributed by atoms with Crippen molar-refractivity contribution in [1.29, 1.82) is 0 Å². The standard InChI is InChI=1S/C21H23ClN6O3S/c1-32(30,31)18-8-6-17(7-9-18)28-20(23-24-25-28)15-26-10-12-27(13-11-26)21(29)14-16-4-2-3-5-19(16)22/h2-9H,10-15H2,1H3. The molecule has 1 saturated heterocycles. The SMILES string of the molecule is CS(=O)(=O)c1ccc(-n2nnnc2CN2CCN(C(=O)Cc3ccccc3Cl)CC2)cc1. The van der Waals surface area contributed by atoms with E-state index in [2.05, 4.69) is 20.4 Å². The van der Waals surface area contributed by atoms with Gasteiger partial charge in [0.2, 0.25) is 5.91 Å². The fraction of sp³-hybridized carbons (Fsp3) is 0.333. The van der Waals surface area contributed by atoms with E-state index in [1.165, 1.54) is 6.26 Å². The van der Waals surface area contributed by atoms with Crippen molar-refractivity contribution >= 4 is 27.3 Å². The third-order valence-corrected chi connectivity index (χ3v) is 6.93. The fourth-order valence-corrected chi connectivity index (χ4v) is 4.44. The highest BCUT2D eigenvalue weighted by Gasteiger charge is 2.23. The molecule has 1 aliphatic heterocycles. The summed E-state index contributed by atoms with van der Waals surface area (Å²) in [6.07, 6.45) is 1.46. The molecule has 168 valence electrons. The van der Waals surface area contributed by atoms with Crippen molar-refractivity contribution in [1.82, 2.24) is 30.0 Å². The maximum Gasteiger partial charge on any atom is 0.227 e. The molecule has 3 aromatic rings. The van der Waals surface area contributed by atoms with Gasteiger partial charge in [0.25, 0.3) is 0 Å². The maximum absolute atomic E-state index is 12.7. The molecule has 2 heterocycles. The van der Waals surface area contributed by atoms with Crippen molar-refractivity contribution in [3.8, 4) is 5.69 Å². The molecule has 1 aliphatic rings. The van der Waals surface area contributed by atoms with Crippen molar-refractivity contribution in [2.24, 2.45) is 0 Å². The summed E-state index contributed by atoms with van der Waals surface area (Å²) in [4.78, 5) is 16.9. The highest BCUT2D eigenvalue weighted by molar-refractivity contribution is 7.90. The average molecular weight is 475 g/mol. The number of sulfone groups is 1. The Morgan fingerprint density at radius 1 is 1.03 bits per heavy atom. The van der Waals surface area contributed by atoms with Crippen molar-refractivity contribution < 1.29 is 13.2 Å². The number of carbonyl (C=O) groups is 1. The van der Waals surface area contributed by atoms with E-state index in [1.54, 1.807) is 35.0 Å². The minimum absolute atomic E-state index is 0.0635. The van der Waals surface area contributed by atoms with Crippen LogP contribution in [0, 0.1) is 0 Å². The first-order chi connectivity index (χ1) is 15.3. The lowest BCUT2D eigenvalue weighted by atomic mass is 10.1. The number of aromatic nitrogens is 4. The Bertz CT molecular complexity index is 1200. The van der Waals surface area contributed by atoms with Gasteiger partial charge in [-0.25, -0.2) is 8.42 Å². The van der Waals surface area contributed by atoms with Crippen LogP contribution >= 0.6 is 11.6 Å². The lowest BCUT2D eigenvalue weighted by Crippen LogP contribution is -2.49. The second-order valence-corrected chi connectivity index (χ2v) is 10.1. The Kier molecular flexibility index (Phi) is 6.54. The molecule has 9 nitrogen and oxygen atoms in total. The number of amides is 1. The van der Waals surface area contributed by atoms with Crippen LogP contribution in [0.5, 0.6) is 0 Å². The Morgan fingerprint density at radius 3 is 2.38 bits per heavy atom. The lowest BCUT2D eigenvalue weighted by Gasteiger charge is -2.34. The van der Waals surface area contributed by atoms with Crippen LogP contribution in [-0.2, 0) is 27.6 Å². The molecule has 1 fully saturated rings. The number of hydrogen-bond donors (Lipinski definition) is 0. The van der Waals surface area contributed by atoms with Crippen molar-refractivity contribution in [3.05, 3.63) is 64.9 Å². The fourth-order valence-electron chi connectivity index (χ4n) is 3.61. The van der Waals surface area contributed by atoms with Gasteiger partial charge in [-0.1, -0.05) is 29.8 Å². The number of tetrazole rings is 1. The topological polar surface area (TPSA) is 101 Å². The lowest BCUT2D eigenvalue weighted by molar-refractivity contribution is -0.132. The van der Waals surface area contributed by atoms with E-state index in [9.17, 15) is 13.2 Å². The summed E-state index contributed by atoms with van der Waals surface area (Å²) in [5.41, 5.74) is 1.52. The summed E-state index contributed by atoms with van der Waals surface area (Å²) in [6.45, 7) is 3.16. The molecule has 32 heavy (non-hydrogen) atoms. The predicted molar refractivity (Wildman–Crippen MR) is 119 cm³/mol. The zero-order valence-corrected chi connectivity index (χ0v) is 19.1. The number of piperazine rings is 1. The Balaban J connectivity index is 1.36. The van der Waals surface area contributed by atoms with Crippen molar-refractivity contribution in [3.63, 3.8) is 0 Å². The van der Waals surface area contributed by atoms with Crippen LogP contribution in [0.2, 0.25) is 5.02 Å². The third kappa shape index (κ3) is 5.14. The summed E-state index contributed by atoms with van der Waals surface area (Å²) in [7, 11) is -3.26. The van der Waals surface area contributed by atoms with Crippen LogP contribution in [0.4, 0.5) is 0 Å². The van der Waals surface area contributed by atoms with Gasteiger partial charge in [-0.05, 0) is 46.3 Å². The number of carbonyl (C=O) groups excluding carboxylic acids is 1. The van der Waals surface area contributed by atoms with Crippen molar-refractivity contribution in [2.75, 3.05) is 32.4 Å². The van der Waals surface area contributed by atoms with Gasteiger partial charge in [-0.15, -0.1) is 5.10 Å². The minimum atomic E-state index is -3.26. The normalized spacial score (nSPS) is 15.1. The third-order valence-electron chi connectivity index (χ3n) is 5.43. The average Bonchev–Trinajstić information content (AvgIpc) is 3.23. The molecule has 0 atom stereocenters. The predicted octanol–water partition coefficient (Wildman–Crippen LogP) is 1.61. The molecule has 1 aromatic heterocycles. The van der Waals surface area contributed by atoms with Gasteiger partial charge < -0.3 is 4.90 Å². The number of benzene rings is 2. The molecular formula is C21H23ClN6O3S. The number of nitrogens with zero attached hydrogens (tertiary/aromatic N) is 6. The molecule has 0 bridgehead atoms. The molecule has 0 saturated carbocycles. The van der Waals surface area contributed by atoms with E-state index in [-0.39, 0.29) is 10.8 Å². The van der Waals surface area contributed by atoms with E-state index in [0.717, 1.165) is 5.56 Å². The zero-order valence-electron chi connectivity index (χ0n) is 17.6. The Morgan fingerprint density at radius 2 is 1.72 bits per heavy atom. The second-order valence-electron chi connectivity index (χ2n) is 7.70. The zero-order chi connectivity index (χ0) is 22.7. The first kappa shape index (κ1) is 22.4. The molecule has 1 amide bonds. The molecule has 0 unspecified atom stereocenters. The van der Waals surface area contributed by atoms with Gasteiger partial charge in [0.05, 0.1) is 23.5 Å². The van der Waals surface area contributed by atoms with Crippen LogP contribution in [0.3, 0.4) is 0 Å². The van der Waals surface area contributed by atoms with Crippen molar-refractivity contribution in [2.45, 2.75) is 17.9 Å². The molecule has 0 aliphatic carbocycles. The van der Waals surface area contributed by atoms with E-state index in [1.807, 2.05) is 23.1 Å². The minimum Gasteiger partial charge on any atom is -0.340 e. The van der Waals surface area contributed by atoms with Gasteiger partial charge in [-0.3, -0.25) is 9.69 Å². The maximum atomic E-state index is 12.7. The van der Waals surface area contributed by atoms with E-state index in [0.29, 0.717) is 55.7 Å². The van der Waals surface area contributed by atoms with E-state index >= 15 is 0 Å². The van der Waals surface area contributed by atoms with Gasteiger partial charge in [0.1, 0.15) is 0 Å². The summed E-state index contributed by atoms with van der Waals surface area (Å²) >= 11 is 6.18. The highest BCUT2D eigenvalue weighted by atomic mass is 35.5. The van der Waals surface area contributed by atoms with Crippen LogP contribution in [-0.4, -0.2) is 76.8 Å². The molecule has 4 rings (SSSR count). The summed E-state index contributed by atoms with van der Waals surface area (Å²) in [5, 5.41) is 12.6. The largest absolute Gasteiger partial charge is 0.340 e. The number of halogens is 1. The summed E-state index contributed by atoms with van der Waals surface area (Å²) in [5.74, 6) is 0.710. The Labute approximate surface area is 191 Å². The van der Waals surface area contributed by atoms with Gasteiger partial charge in [-0.2, -0.15) is 4.68 Å². The van der Waals surface area contributed by atoms with Gasteiger partial charge >= 0.3 is 0 Å². The number of hydrogen-bond acceptors (Lipinski definition) is 7. The molecule has 0 radical (unpaired) electrons. The monoisotopic (exact) mass is 474 g/mol. The van der Waals surface area contributed by atoms with Crippen LogP contribution in [0.15, 0.2) is 53.4 Å². The second kappa shape index (κ2) is 9.35. The molecule has 0 spiro atoms. The van der Waals surface area contributed by atoms with E-state index < -0.39 is 9.84 Å². The molecule has 0 N–H and O–H groups in total. The Hall–Kier alpha value is -2.82. The van der Waals surface area contributed by atoms with Crippen LogP contribution < -0.4 is 0 Å². The highest BCUT2D eigenvalue weighted by Crippen LogP contribution is 2.18. The quantitative estimate of drug-likeness (QED) is 0.534. The smallest absolute Gasteiger partial charge is 0.227 e. The number of rotatable bonds is 6. The first-order valence-electron chi connectivity index (χ1n) is 10.1. The summed E-state index contributed by atoms with van der Waals surface area (Å²) in [6, 6.07) is 13.8. The molecular weight excluding hydrogens is 452 g/mol. The van der Waals surface area contributed by atoms with Gasteiger partial charge in [0, 0.05) is 37.5 Å². The van der Waals surface area contributed by atoms with E-state index in [4.69, 9.17) is 11.6 Å². The van der Waals surface area contributed by atoms with Crippen LogP contribution in [0.25, 0.3) is 5.69 Å². The first-order valence-corrected chi connectivity index (χ1v) is 12.4. The molecule has 11 heteroatoms. The van der Waals surface area contributed by atoms with Gasteiger partial charge in [0.15, 0.2) is 15.7 Å². The molecule has 2 aromatic carbocycles.